The van der Waals surface area contributed by atoms with Crippen molar-refractivity contribution in [2.45, 2.75) is 44.1 Å². The molecule has 3 aliphatic heterocycles. The van der Waals surface area contributed by atoms with E-state index in [1.54, 1.807) is 13.2 Å². The number of aliphatic hydroxyl groups is 1. The van der Waals surface area contributed by atoms with Crippen molar-refractivity contribution in [1.82, 2.24) is 14.7 Å². The van der Waals surface area contributed by atoms with Gasteiger partial charge in [-0.15, -0.1) is 0 Å². The highest BCUT2D eigenvalue weighted by atomic mass is 16.5. The highest BCUT2D eigenvalue weighted by molar-refractivity contribution is 6.06. The summed E-state index contributed by atoms with van der Waals surface area (Å²) in [6.45, 7) is 4.01. The number of hydrogen-bond donors (Lipinski definition) is 1. The van der Waals surface area contributed by atoms with Crippen LogP contribution >= 0.6 is 0 Å². The lowest BCUT2D eigenvalue weighted by molar-refractivity contribution is -0.181. The Hall–Kier alpha value is -3.20. The van der Waals surface area contributed by atoms with Crippen LogP contribution < -0.4 is 4.74 Å². The summed E-state index contributed by atoms with van der Waals surface area (Å²) in [4.78, 5) is 32.6. The molecule has 0 saturated carbocycles. The van der Waals surface area contributed by atoms with Gasteiger partial charge in [-0.3, -0.25) is 24.3 Å². The number of carbonyl (C=O) groups is 2. The second-order valence-electron chi connectivity index (χ2n) is 9.95. The van der Waals surface area contributed by atoms with Crippen molar-refractivity contribution in [3.05, 3.63) is 65.6 Å². The number of hydrogen-bond acceptors (Lipinski definition) is 7. The quantitative estimate of drug-likeness (QED) is 0.567. The average Bonchev–Trinajstić information content (AvgIpc) is 3.43. The molecule has 8 heteroatoms. The van der Waals surface area contributed by atoms with Crippen LogP contribution in [0.4, 0.5) is 0 Å². The number of amides is 2. The lowest BCUT2D eigenvalue weighted by atomic mass is 9.82. The van der Waals surface area contributed by atoms with Crippen molar-refractivity contribution in [2.24, 2.45) is 0 Å². The molecule has 6 rings (SSSR count). The first kappa shape index (κ1) is 22.3. The third-order valence-electron chi connectivity index (χ3n) is 7.69. The van der Waals surface area contributed by atoms with Crippen LogP contribution in [0.25, 0.3) is 10.8 Å². The van der Waals surface area contributed by atoms with Gasteiger partial charge in [0, 0.05) is 31.6 Å². The monoisotopic (exact) mass is 475 g/mol. The van der Waals surface area contributed by atoms with Crippen LogP contribution in [-0.2, 0) is 22.7 Å². The molecule has 4 heterocycles. The second kappa shape index (κ2) is 8.19. The molecule has 0 bridgehead atoms. The van der Waals surface area contributed by atoms with Crippen LogP contribution in [0, 0.1) is 6.92 Å². The molecule has 3 aromatic rings. The van der Waals surface area contributed by atoms with Gasteiger partial charge in [-0.25, -0.2) is 0 Å². The summed E-state index contributed by atoms with van der Waals surface area (Å²) in [5.74, 6) is 1.73. The molecule has 2 atom stereocenters. The SMILES string of the molecule is COc1ccc(CN2CC3(C2)C(=O)N(Cc2ccc(C)o2)C(=O)C2CC(O)CN23)c2ccccc12. The minimum atomic E-state index is -0.806. The maximum atomic E-state index is 13.8. The van der Waals surface area contributed by atoms with Gasteiger partial charge in [-0.2, -0.15) is 0 Å². The Kier molecular flexibility index (Phi) is 5.21. The lowest BCUT2D eigenvalue weighted by Gasteiger charge is -2.58. The van der Waals surface area contributed by atoms with Gasteiger partial charge in [0.1, 0.15) is 22.8 Å². The number of piperazine rings is 1. The topological polar surface area (TPSA) is 86.5 Å². The molecule has 1 spiro atoms. The molecule has 1 aromatic heterocycles. The van der Waals surface area contributed by atoms with E-state index >= 15 is 0 Å². The fraction of sp³-hybridized carbons (Fsp3) is 0.407. The molecule has 0 radical (unpaired) electrons. The number of methoxy groups -OCH3 is 1. The Labute approximate surface area is 203 Å². The van der Waals surface area contributed by atoms with E-state index < -0.39 is 17.7 Å². The number of imide groups is 1. The Morgan fingerprint density at radius 1 is 1.06 bits per heavy atom. The van der Waals surface area contributed by atoms with E-state index in [0.717, 1.165) is 27.8 Å². The summed E-state index contributed by atoms with van der Waals surface area (Å²) in [5.41, 5.74) is 0.358. The van der Waals surface area contributed by atoms with E-state index in [0.29, 0.717) is 38.4 Å². The third kappa shape index (κ3) is 3.47. The molecule has 1 N–H and O–H groups in total. The minimum Gasteiger partial charge on any atom is -0.496 e. The van der Waals surface area contributed by atoms with Crippen molar-refractivity contribution in [3.63, 3.8) is 0 Å². The molecular formula is C27H29N3O5. The largest absolute Gasteiger partial charge is 0.496 e. The van der Waals surface area contributed by atoms with Crippen LogP contribution in [0.3, 0.4) is 0 Å². The van der Waals surface area contributed by atoms with Crippen LogP contribution in [0.15, 0.2) is 52.9 Å². The third-order valence-corrected chi connectivity index (χ3v) is 7.69. The van der Waals surface area contributed by atoms with Gasteiger partial charge in [0.2, 0.25) is 5.91 Å². The van der Waals surface area contributed by atoms with Gasteiger partial charge in [0.25, 0.3) is 5.91 Å². The molecule has 8 nitrogen and oxygen atoms in total. The zero-order valence-corrected chi connectivity index (χ0v) is 19.9. The summed E-state index contributed by atoms with van der Waals surface area (Å²) in [7, 11) is 1.67. The van der Waals surface area contributed by atoms with E-state index in [-0.39, 0.29) is 18.4 Å². The zero-order chi connectivity index (χ0) is 24.3. The number of likely N-dealkylation sites (tertiary alicyclic amines) is 1. The van der Waals surface area contributed by atoms with Crippen LogP contribution in [0.1, 0.15) is 23.5 Å². The number of aryl methyl sites for hydroxylation is 1. The first-order chi connectivity index (χ1) is 16.9. The number of nitrogens with zero attached hydrogens (tertiary/aromatic N) is 3. The van der Waals surface area contributed by atoms with Crippen LogP contribution in [0.5, 0.6) is 5.75 Å². The predicted octanol–water partition coefficient (Wildman–Crippen LogP) is 2.31. The maximum absolute atomic E-state index is 13.8. The Bertz CT molecular complexity index is 1310. The first-order valence-corrected chi connectivity index (χ1v) is 12.0. The molecule has 3 aliphatic rings. The standard InChI is InChI=1S/C27H29N3O5/c1-17-7-9-20(35-17)14-29-25(32)23-11-19(31)13-30(23)27(26(29)33)15-28(16-27)12-18-8-10-24(34-2)22-6-4-3-5-21(18)22/h3-10,19,23,31H,11-16H2,1-2H3. The molecule has 2 unspecified atom stereocenters. The summed E-state index contributed by atoms with van der Waals surface area (Å²) in [5, 5.41) is 12.6. The smallest absolute Gasteiger partial charge is 0.252 e. The highest BCUT2D eigenvalue weighted by Crippen LogP contribution is 2.42. The van der Waals surface area contributed by atoms with E-state index in [9.17, 15) is 14.7 Å². The highest BCUT2D eigenvalue weighted by Gasteiger charge is 2.64. The summed E-state index contributed by atoms with van der Waals surface area (Å²) in [6, 6.07) is 15.4. The number of fused-ring (bicyclic) bond motifs is 3. The van der Waals surface area contributed by atoms with Gasteiger partial charge in [-0.05, 0) is 42.5 Å². The molecule has 182 valence electrons. The van der Waals surface area contributed by atoms with Crippen LogP contribution in [0.2, 0.25) is 0 Å². The van der Waals surface area contributed by atoms with Crippen molar-refractivity contribution < 1.29 is 23.8 Å². The van der Waals surface area contributed by atoms with Crippen molar-refractivity contribution in [3.8, 4) is 5.75 Å². The number of ether oxygens (including phenoxy) is 1. The fourth-order valence-electron chi connectivity index (χ4n) is 6.06. The van der Waals surface area contributed by atoms with Crippen molar-refractivity contribution in [2.75, 3.05) is 26.7 Å². The molecule has 3 saturated heterocycles. The van der Waals surface area contributed by atoms with Gasteiger partial charge >= 0.3 is 0 Å². The van der Waals surface area contributed by atoms with Gasteiger partial charge in [0.05, 0.1) is 25.8 Å². The number of β-amino-alcohol motifs (C(OH)–C–C–N with tert-alkyl or cyclic N) is 1. The summed E-state index contributed by atoms with van der Waals surface area (Å²) in [6.07, 6.45) is -0.260. The minimum absolute atomic E-state index is 0.122. The number of carbonyl (C=O) groups excluding carboxylic acids is 2. The Morgan fingerprint density at radius 2 is 1.83 bits per heavy atom. The van der Waals surface area contributed by atoms with Gasteiger partial charge in [0.15, 0.2) is 0 Å². The number of rotatable bonds is 5. The molecule has 2 aromatic carbocycles. The van der Waals surface area contributed by atoms with Gasteiger partial charge < -0.3 is 14.3 Å². The summed E-state index contributed by atoms with van der Waals surface area (Å²) >= 11 is 0. The Balaban J connectivity index is 1.27. The Morgan fingerprint density at radius 3 is 2.54 bits per heavy atom. The number of furan rings is 1. The summed E-state index contributed by atoms with van der Waals surface area (Å²) < 4.78 is 11.2. The maximum Gasteiger partial charge on any atom is 0.252 e. The van der Waals surface area contributed by atoms with Crippen LogP contribution in [-0.4, -0.2) is 76.0 Å². The number of aliphatic hydroxyl groups excluding tert-OH is 1. The zero-order valence-electron chi connectivity index (χ0n) is 19.9. The predicted molar refractivity (Wildman–Crippen MR) is 129 cm³/mol. The van der Waals surface area contributed by atoms with E-state index in [1.807, 2.05) is 36.1 Å². The lowest BCUT2D eigenvalue weighted by Crippen LogP contribution is -2.81. The fourth-order valence-corrected chi connectivity index (χ4v) is 6.06. The molecule has 35 heavy (non-hydrogen) atoms. The van der Waals surface area contributed by atoms with Gasteiger partial charge in [-0.1, -0.05) is 30.3 Å². The van der Waals surface area contributed by atoms with E-state index in [1.165, 1.54) is 4.90 Å². The van der Waals surface area contributed by atoms with Crippen molar-refractivity contribution >= 4 is 22.6 Å². The number of benzene rings is 2. The molecule has 0 aliphatic carbocycles. The first-order valence-electron chi connectivity index (χ1n) is 12.0. The van der Waals surface area contributed by atoms with E-state index in [2.05, 4.69) is 23.1 Å². The molecule has 3 fully saturated rings. The second-order valence-corrected chi connectivity index (χ2v) is 9.95. The van der Waals surface area contributed by atoms with Crippen molar-refractivity contribution in [1.29, 1.82) is 0 Å². The average molecular weight is 476 g/mol. The molecular weight excluding hydrogens is 446 g/mol. The van der Waals surface area contributed by atoms with E-state index in [4.69, 9.17) is 9.15 Å². The normalized spacial score (nSPS) is 24.3. The molecule has 2 amide bonds.